The summed E-state index contributed by atoms with van der Waals surface area (Å²) in [5, 5.41) is 20.3. The lowest BCUT2D eigenvalue weighted by molar-refractivity contribution is 0.235. The predicted molar refractivity (Wildman–Crippen MR) is 81.5 cm³/mol. The number of aromatic nitrogens is 2. The number of nitrogens with one attached hydrogen (secondary N) is 1. The molecule has 0 radical (unpaired) electrons. The molecule has 2 N–H and O–H groups in total. The van der Waals surface area contributed by atoms with Gasteiger partial charge in [-0.1, -0.05) is 32.0 Å². The molecule has 0 saturated carbocycles. The van der Waals surface area contributed by atoms with Crippen LogP contribution < -0.4 is 5.32 Å². The molecule has 2 aromatic rings. The molecule has 0 fully saturated rings. The van der Waals surface area contributed by atoms with Gasteiger partial charge in [0.1, 0.15) is 0 Å². The van der Waals surface area contributed by atoms with Crippen LogP contribution in [0.1, 0.15) is 32.6 Å². The maximum atomic E-state index is 8.89. The second-order valence-corrected chi connectivity index (χ2v) is 5.96. The van der Waals surface area contributed by atoms with E-state index in [1.165, 1.54) is 0 Å². The quantitative estimate of drug-likeness (QED) is 0.781. The van der Waals surface area contributed by atoms with Crippen LogP contribution in [0.5, 0.6) is 0 Å². The molecular formula is C16H23N3O2. The molecule has 0 atom stereocenters. The number of hydrogen-bond donors (Lipinski definition) is 2. The van der Waals surface area contributed by atoms with E-state index in [2.05, 4.69) is 29.4 Å². The molecule has 0 aliphatic heterocycles. The third-order valence-corrected chi connectivity index (χ3v) is 3.38. The first-order valence-electron chi connectivity index (χ1n) is 7.30. The van der Waals surface area contributed by atoms with E-state index < -0.39 is 0 Å². The smallest absolute Gasteiger partial charge is 0.247 e. The zero-order chi connectivity index (χ0) is 15.1. The second-order valence-electron chi connectivity index (χ2n) is 5.96. The molecule has 5 heteroatoms. The Kier molecular flexibility index (Phi) is 5.47. The van der Waals surface area contributed by atoms with Crippen molar-refractivity contribution in [3.63, 3.8) is 0 Å². The van der Waals surface area contributed by atoms with Crippen molar-refractivity contribution < 1.29 is 9.52 Å². The fraction of sp³-hybridized carbons (Fsp3) is 0.500. The largest absolute Gasteiger partial charge is 0.419 e. The van der Waals surface area contributed by atoms with Gasteiger partial charge in [0.15, 0.2) is 0 Å². The Bertz CT molecular complexity index is 537. The number of benzene rings is 1. The maximum absolute atomic E-state index is 8.89. The van der Waals surface area contributed by atoms with E-state index in [1.54, 1.807) is 0 Å². The lowest BCUT2D eigenvalue weighted by Crippen LogP contribution is -2.29. The number of aliphatic hydroxyl groups is 1. The van der Waals surface area contributed by atoms with E-state index in [0.717, 1.165) is 24.9 Å². The highest BCUT2D eigenvalue weighted by atomic mass is 16.4. The molecule has 0 bridgehead atoms. The fourth-order valence-corrected chi connectivity index (χ4v) is 2.18. The Hall–Kier alpha value is -1.72. The van der Waals surface area contributed by atoms with Crippen molar-refractivity contribution in [3.05, 3.63) is 36.2 Å². The summed E-state index contributed by atoms with van der Waals surface area (Å²) >= 11 is 0. The fourth-order valence-electron chi connectivity index (χ4n) is 2.18. The second kappa shape index (κ2) is 7.33. The summed E-state index contributed by atoms with van der Waals surface area (Å²) in [6, 6.07) is 9.74. The summed E-state index contributed by atoms with van der Waals surface area (Å²) in [5.74, 6) is 1.14. The van der Waals surface area contributed by atoms with Crippen LogP contribution in [0.4, 0.5) is 0 Å². The number of nitrogens with zero attached hydrogens (tertiary/aromatic N) is 2. The van der Waals surface area contributed by atoms with Gasteiger partial charge in [-0.15, -0.1) is 10.2 Å². The van der Waals surface area contributed by atoms with Crippen LogP contribution >= 0.6 is 0 Å². The molecular weight excluding hydrogens is 266 g/mol. The topological polar surface area (TPSA) is 71.2 Å². The van der Waals surface area contributed by atoms with E-state index in [1.807, 2.05) is 30.3 Å². The Morgan fingerprint density at radius 1 is 1.19 bits per heavy atom. The van der Waals surface area contributed by atoms with Gasteiger partial charge in [0.05, 0.1) is 6.54 Å². The van der Waals surface area contributed by atoms with Gasteiger partial charge in [-0.25, -0.2) is 0 Å². The Labute approximate surface area is 125 Å². The molecule has 0 aliphatic carbocycles. The van der Waals surface area contributed by atoms with E-state index in [4.69, 9.17) is 9.52 Å². The summed E-state index contributed by atoms with van der Waals surface area (Å²) in [4.78, 5) is 0. The minimum absolute atomic E-state index is 0.144. The monoisotopic (exact) mass is 289 g/mol. The lowest BCUT2D eigenvalue weighted by Gasteiger charge is -2.24. The minimum atomic E-state index is 0.144. The normalized spacial score (nSPS) is 11.8. The standard InChI is InChI=1S/C16H23N3O2/c1-16(2,9-6-10-20)12-17-11-14-18-19-15(21-14)13-7-4-3-5-8-13/h3-5,7-8,17,20H,6,9-12H2,1-2H3. The van der Waals surface area contributed by atoms with Gasteiger partial charge in [0, 0.05) is 18.7 Å². The van der Waals surface area contributed by atoms with E-state index in [-0.39, 0.29) is 12.0 Å². The molecule has 0 aliphatic rings. The molecule has 1 aromatic carbocycles. The van der Waals surface area contributed by atoms with Crippen LogP contribution in [0.3, 0.4) is 0 Å². The number of hydrogen-bond acceptors (Lipinski definition) is 5. The molecule has 114 valence electrons. The van der Waals surface area contributed by atoms with Crippen LogP contribution in [0, 0.1) is 5.41 Å². The van der Waals surface area contributed by atoms with Gasteiger partial charge in [-0.2, -0.15) is 0 Å². The van der Waals surface area contributed by atoms with Crippen molar-refractivity contribution in [1.29, 1.82) is 0 Å². The maximum Gasteiger partial charge on any atom is 0.247 e. The molecule has 1 heterocycles. The predicted octanol–water partition coefficient (Wildman–Crippen LogP) is 2.62. The Morgan fingerprint density at radius 2 is 1.95 bits per heavy atom. The summed E-state index contributed by atoms with van der Waals surface area (Å²) in [5.41, 5.74) is 1.07. The van der Waals surface area contributed by atoms with Gasteiger partial charge < -0.3 is 14.8 Å². The average Bonchev–Trinajstić information content (AvgIpc) is 2.95. The highest BCUT2D eigenvalue weighted by molar-refractivity contribution is 5.51. The first-order valence-corrected chi connectivity index (χ1v) is 7.30. The van der Waals surface area contributed by atoms with Gasteiger partial charge >= 0.3 is 0 Å². The third-order valence-electron chi connectivity index (χ3n) is 3.38. The molecule has 1 aromatic heterocycles. The SMILES string of the molecule is CC(C)(CCCO)CNCc1nnc(-c2ccccc2)o1. The van der Waals surface area contributed by atoms with Crippen molar-refractivity contribution in [2.24, 2.45) is 5.41 Å². The third kappa shape index (κ3) is 4.95. The summed E-state index contributed by atoms with van der Waals surface area (Å²) in [6.45, 7) is 6.00. The zero-order valence-corrected chi connectivity index (χ0v) is 12.7. The van der Waals surface area contributed by atoms with Crippen LogP contribution in [0.15, 0.2) is 34.7 Å². The Balaban J connectivity index is 1.83. The average molecular weight is 289 g/mol. The van der Waals surface area contributed by atoms with E-state index >= 15 is 0 Å². The lowest BCUT2D eigenvalue weighted by atomic mass is 9.88. The van der Waals surface area contributed by atoms with Crippen molar-refractivity contribution in [1.82, 2.24) is 15.5 Å². The van der Waals surface area contributed by atoms with E-state index in [9.17, 15) is 0 Å². The summed E-state index contributed by atoms with van der Waals surface area (Å²) in [6.07, 6.45) is 1.81. The van der Waals surface area contributed by atoms with Crippen LogP contribution in [0.25, 0.3) is 11.5 Å². The molecule has 0 amide bonds. The minimum Gasteiger partial charge on any atom is -0.419 e. The van der Waals surface area contributed by atoms with Gasteiger partial charge in [0.2, 0.25) is 11.8 Å². The number of aliphatic hydroxyl groups excluding tert-OH is 1. The van der Waals surface area contributed by atoms with Crippen molar-refractivity contribution in [2.75, 3.05) is 13.2 Å². The first-order chi connectivity index (χ1) is 10.1. The number of rotatable bonds is 8. The zero-order valence-electron chi connectivity index (χ0n) is 12.7. The molecule has 21 heavy (non-hydrogen) atoms. The highest BCUT2D eigenvalue weighted by Crippen LogP contribution is 2.21. The van der Waals surface area contributed by atoms with Crippen LogP contribution in [-0.4, -0.2) is 28.5 Å². The summed E-state index contributed by atoms with van der Waals surface area (Å²) in [7, 11) is 0. The Morgan fingerprint density at radius 3 is 2.67 bits per heavy atom. The van der Waals surface area contributed by atoms with E-state index in [0.29, 0.717) is 18.3 Å². The molecule has 5 nitrogen and oxygen atoms in total. The van der Waals surface area contributed by atoms with Crippen molar-refractivity contribution >= 4 is 0 Å². The van der Waals surface area contributed by atoms with Gasteiger partial charge in [0.25, 0.3) is 0 Å². The van der Waals surface area contributed by atoms with Crippen molar-refractivity contribution in [3.8, 4) is 11.5 Å². The van der Waals surface area contributed by atoms with Gasteiger partial charge in [-0.3, -0.25) is 0 Å². The highest BCUT2D eigenvalue weighted by Gasteiger charge is 2.17. The molecule has 2 rings (SSSR count). The first kappa shape index (κ1) is 15.7. The molecule has 0 saturated heterocycles. The van der Waals surface area contributed by atoms with Gasteiger partial charge in [-0.05, 0) is 30.4 Å². The molecule has 0 spiro atoms. The van der Waals surface area contributed by atoms with Crippen LogP contribution in [-0.2, 0) is 6.54 Å². The molecule has 0 unspecified atom stereocenters. The van der Waals surface area contributed by atoms with Crippen molar-refractivity contribution in [2.45, 2.75) is 33.2 Å². The summed E-state index contributed by atoms with van der Waals surface area (Å²) < 4.78 is 5.64. The van der Waals surface area contributed by atoms with Crippen LogP contribution in [0.2, 0.25) is 0 Å².